The van der Waals surface area contributed by atoms with Crippen molar-refractivity contribution in [1.29, 1.82) is 0 Å². The van der Waals surface area contributed by atoms with Gasteiger partial charge in [0.05, 0.1) is 6.10 Å². The lowest BCUT2D eigenvalue weighted by molar-refractivity contribution is -0.121. The minimum Gasteiger partial charge on any atom is -0.392 e. The molecule has 0 aromatic rings. The Labute approximate surface area is 90.4 Å². The van der Waals surface area contributed by atoms with E-state index in [1.165, 1.54) is 0 Å². The summed E-state index contributed by atoms with van der Waals surface area (Å²) < 4.78 is 0. The van der Waals surface area contributed by atoms with E-state index >= 15 is 0 Å². The van der Waals surface area contributed by atoms with Crippen molar-refractivity contribution < 1.29 is 9.90 Å². The molecule has 2 saturated carbocycles. The van der Waals surface area contributed by atoms with Gasteiger partial charge in [0, 0.05) is 25.0 Å². The lowest BCUT2D eigenvalue weighted by atomic mass is 10.2. The Morgan fingerprint density at radius 1 is 1.27 bits per heavy atom. The van der Waals surface area contributed by atoms with Crippen LogP contribution >= 0.6 is 0 Å². The van der Waals surface area contributed by atoms with Crippen molar-refractivity contribution in [3.05, 3.63) is 0 Å². The Morgan fingerprint density at radius 2 is 2.07 bits per heavy atom. The van der Waals surface area contributed by atoms with E-state index in [9.17, 15) is 9.90 Å². The van der Waals surface area contributed by atoms with E-state index in [1.807, 2.05) is 0 Å². The first-order valence-electron chi connectivity index (χ1n) is 5.96. The largest absolute Gasteiger partial charge is 0.392 e. The Bertz CT molecular complexity index is 229. The maximum absolute atomic E-state index is 11.3. The maximum Gasteiger partial charge on any atom is 0.221 e. The molecule has 0 unspecified atom stereocenters. The molecule has 0 heterocycles. The van der Waals surface area contributed by atoms with Crippen LogP contribution in [-0.2, 0) is 4.79 Å². The van der Waals surface area contributed by atoms with E-state index in [1.54, 1.807) is 0 Å². The Morgan fingerprint density at radius 3 is 2.67 bits per heavy atom. The highest BCUT2D eigenvalue weighted by molar-refractivity contribution is 5.76. The second-order valence-corrected chi connectivity index (χ2v) is 4.65. The van der Waals surface area contributed by atoms with Gasteiger partial charge in [-0.2, -0.15) is 0 Å². The molecule has 2 rings (SSSR count). The molecule has 4 heteroatoms. The monoisotopic (exact) mass is 212 g/mol. The van der Waals surface area contributed by atoms with E-state index in [2.05, 4.69) is 10.6 Å². The normalized spacial score (nSPS) is 30.5. The number of hydrogen-bond acceptors (Lipinski definition) is 3. The highest BCUT2D eigenvalue weighted by atomic mass is 16.3. The lowest BCUT2D eigenvalue weighted by Crippen LogP contribution is -2.38. The maximum atomic E-state index is 11.3. The number of rotatable bonds is 5. The van der Waals surface area contributed by atoms with Gasteiger partial charge in [-0.05, 0) is 32.1 Å². The average Bonchev–Trinajstić information content (AvgIpc) is 2.91. The molecule has 0 aromatic carbocycles. The molecule has 1 amide bonds. The zero-order valence-electron chi connectivity index (χ0n) is 9.04. The van der Waals surface area contributed by atoms with E-state index in [0.29, 0.717) is 19.0 Å². The number of nitrogens with one attached hydrogen (secondary N) is 2. The van der Waals surface area contributed by atoms with E-state index in [-0.39, 0.29) is 18.1 Å². The quantitative estimate of drug-likeness (QED) is 0.608. The number of hydrogen-bond donors (Lipinski definition) is 3. The fourth-order valence-electron chi connectivity index (χ4n) is 2.08. The van der Waals surface area contributed by atoms with Gasteiger partial charge in [0.15, 0.2) is 0 Å². The average molecular weight is 212 g/mol. The van der Waals surface area contributed by atoms with Crippen molar-refractivity contribution in [2.75, 3.05) is 6.54 Å². The van der Waals surface area contributed by atoms with Gasteiger partial charge < -0.3 is 15.7 Å². The molecule has 2 aliphatic carbocycles. The molecular weight excluding hydrogens is 192 g/mol. The molecule has 2 atom stereocenters. The van der Waals surface area contributed by atoms with Crippen molar-refractivity contribution in [2.24, 2.45) is 0 Å². The van der Waals surface area contributed by atoms with Gasteiger partial charge >= 0.3 is 0 Å². The van der Waals surface area contributed by atoms with Crippen LogP contribution in [0.15, 0.2) is 0 Å². The molecule has 15 heavy (non-hydrogen) atoms. The molecular formula is C11H20N2O2. The summed E-state index contributed by atoms with van der Waals surface area (Å²) in [5.74, 6) is 0.137. The predicted molar refractivity (Wildman–Crippen MR) is 57.4 cm³/mol. The second-order valence-electron chi connectivity index (χ2n) is 4.65. The minimum absolute atomic E-state index is 0.137. The predicted octanol–water partition coefficient (Wildman–Crippen LogP) is 0.158. The second kappa shape index (κ2) is 4.94. The standard InChI is InChI=1S/C11H20N2O2/c14-10-3-1-2-9(10)12-7-6-11(15)13-8-4-5-8/h8-10,12,14H,1-7H2,(H,13,15)/t9-,10-/m0/s1. The first kappa shape index (κ1) is 10.9. The fraction of sp³-hybridized carbons (Fsp3) is 0.909. The van der Waals surface area contributed by atoms with Gasteiger partial charge in [0.2, 0.25) is 5.91 Å². The van der Waals surface area contributed by atoms with Crippen LogP contribution < -0.4 is 10.6 Å². The van der Waals surface area contributed by atoms with Crippen molar-refractivity contribution in [3.8, 4) is 0 Å². The van der Waals surface area contributed by atoms with Gasteiger partial charge in [-0.25, -0.2) is 0 Å². The van der Waals surface area contributed by atoms with Crippen LogP contribution in [0.25, 0.3) is 0 Å². The zero-order valence-corrected chi connectivity index (χ0v) is 9.04. The third kappa shape index (κ3) is 3.47. The summed E-state index contributed by atoms with van der Waals surface area (Å²) in [5.41, 5.74) is 0. The fourth-order valence-corrected chi connectivity index (χ4v) is 2.08. The van der Waals surface area contributed by atoms with E-state index in [0.717, 1.165) is 32.1 Å². The molecule has 0 radical (unpaired) electrons. The van der Waals surface area contributed by atoms with Crippen LogP contribution in [0.3, 0.4) is 0 Å². The highest BCUT2D eigenvalue weighted by Crippen LogP contribution is 2.19. The molecule has 0 aromatic heterocycles. The van der Waals surface area contributed by atoms with E-state index in [4.69, 9.17) is 0 Å². The molecule has 0 saturated heterocycles. The van der Waals surface area contributed by atoms with Crippen molar-refractivity contribution in [1.82, 2.24) is 10.6 Å². The minimum atomic E-state index is -0.212. The molecule has 2 fully saturated rings. The third-order valence-electron chi connectivity index (χ3n) is 3.18. The summed E-state index contributed by atoms with van der Waals surface area (Å²) in [5, 5.41) is 15.7. The summed E-state index contributed by atoms with van der Waals surface area (Å²) in [6, 6.07) is 0.660. The smallest absolute Gasteiger partial charge is 0.221 e. The zero-order chi connectivity index (χ0) is 10.7. The van der Waals surface area contributed by atoms with Gasteiger partial charge in [-0.15, -0.1) is 0 Å². The number of aliphatic hydroxyl groups excluding tert-OH is 1. The summed E-state index contributed by atoms with van der Waals surface area (Å²) in [4.78, 5) is 11.3. The summed E-state index contributed by atoms with van der Waals surface area (Å²) >= 11 is 0. The molecule has 2 aliphatic rings. The molecule has 0 aliphatic heterocycles. The van der Waals surface area contributed by atoms with Crippen LogP contribution in [0, 0.1) is 0 Å². The van der Waals surface area contributed by atoms with Crippen molar-refractivity contribution in [2.45, 2.75) is 56.7 Å². The van der Waals surface area contributed by atoms with E-state index < -0.39 is 0 Å². The van der Waals surface area contributed by atoms with Gasteiger partial charge in [-0.1, -0.05) is 0 Å². The number of carbonyl (C=O) groups is 1. The molecule has 0 bridgehead atoms. The number of aliphatic hydroxyl groups is 1. The van der Waals surface area contributed by atoms with Gasteiger partial charge in [0.1, 0.15) is 0 Å². The Balaban J connectivity index is 1.55. The lowest BCUT2D eigenvalue weighted by Gasteiger charge is -2.15. The summed E-state index contributed by atoms with van der Waals surface area (Å²) in [6.07, 6.45) is 5.61. The SMILES string of the molecule is O=C(CCN[C@H]1CCC[C@@H]1O)NC1CC1. The number of carbonyl (C=O) groups excluding carboxylic acids is 1. The first-order chi connectivity index (χ1) is 7.25. The van der Waals surface area contributed by atoms with Crippen molar-refractivity contribution >= 4 is 5.91 Å². The Kier molecular flexibility index (Phi) is 3.59. The third-order valence-corrected chi connectivity index (χ3v) is 3.18. The molecule has 3 N–H and O–H groups in total. The molecule has 86 valence electrons. The van der Waals surface area contributed by atoms with Crippen LogP contribution in [-0.4, -0.2) is 35.7 Å². The van der Waals surface area contributed by atoms with Crippen LogP contribution in [0.1, 0.15) is 38.5 Å². The molecule has 4 nitrogen and oxygen atoms in total. The van der Waals surface area contributed by atoms with Crippen molar-refractivity contribution in [3.63, 3.8) is 0 Å². The highest BCUT2D eigenvalue weighted by Gasteiger charge is 2.25. The van der Waals surface area contributed by atoms with Gasteiger partial charge in [-0.3, -0.25) is 4.79 Å². The topological polar surface area (TPSA) is 61.4 Å². The summed E-state index contributed by atoms with van der Waals surface area (Å²) in [7, 11) is 0. The van der Waals surface area contributed by atoms with Crippen LogP contribution in [0.2, 0.25) is 0 Å². The summed E-state index contributed by atoms with van der Waals surface area (Å²) in [6.45, 7) is 0.681. The van der Waals surface area contributed by atoms with Crippen LogP contribution in [0.5, 0.6) is 0 Å². The van der Waals surface area contributed by atoms with Gasteiger partial charge in [0.25, 0.3) is 0 Å². The first-order valence-corrected chi connectivity index (χ1v) is 5.96. The number of amides is 1. The Hall–Kier alpha value is -0.610. The van der Waals surface area contributed by atoms with Crippen LogP contribution in [0.4, 0.5) is 0 Å². The molecule has 0 spiro atoms.